The van der Waals surface area contributed by atoms with Crippen molar-refractivity contribution >= 4 is 193 Å². The molecule has 19 aromatic carbocycles. The average Bonchev–Trinajstić information content (AvgIpc) is 1.65. The van der Waals surface area contributed by atoms with Crippen LogP contribution < -0.4 is 83.0 Å². The Morgan fingerprint density at radius 3 is 0.677 bits per heavy atom. The Labute approximate surface area is 774 Å². The van der Waals surface area contributed by atoms with Crippen molar-refractivity contribution in [3.8, 4) is 28.5 Å². The van der Waals surface area contributed by atoms with E-state index in [2.05, 4.69) is 544 Å². The molecule has 0 saturated heterocycles. The highest BCUT2D eigenvalue weighted by Crippen LogP contribution is 2.39. The molecule has 0 aliphatic carbocycles. The minimum absolute atomic E-state index is 0.681. The summed E-state index contributed by atoms with van der Waals surface area (Å²) in [5, 5.41) is 22.8. The van der Waals surface area contributed by atoms with Gasteiger partial charge in [0, 0.05) is 16.5 Å². The topological polar surface area (TPSA) is 62.3 Å². The minimum Gasteiger partial charge on any atom is -0.309 e. The first-order chi connectivity index (χ1) is 66.0. The fourth-order valence-corrected chi connectivity index (χ4v) is 41.5. The van der Waals surface area contributed by atoms with Gasteiger partial charge >= 0.3 is 0 Å². The van der Waals surface area contributed by atoms with E-state index in [1.54, 1.807) is 0 Å². The van der Waals surface area contributed by atoms with Crippen LogP contribution in [0.2, 0.25) is 0 Å². The van der Waals surface area contributed by atoms with Crippen LogP contribution in [0.15, 0.2) is 522 Å². The number of imidazole rings is 4. The molecule has 0 fully saturated rings. The SMILES string of the molecule is c1ccc([Si](c2ccccc2)(c2ccccc2)c2ccc3nc4n(-c5cc(-c6cccc(-n7c8ccccc8c8ccccc87)c6)cc(-n6c7ccc([Si](c8ccccc8)(c8ccccc8)c8ccccc8)cc7n7c8cc([Si](c9ccccc9)(c9ccccc9)c9ccccc9)ccc8nc67)n5)c5ccc([Si](c6ccccc6)(c6ccccc6)c6ccccc6)cc5n4c3c2)cc1. The summed E-state index contributed by atoms with van der Waals surface area (Å²) in [6, 6.07) is 196. The molecule has 25 aromatic rings. The Hall–Kier alpha value is -16.5. The summed E-state index contributed by atoms with van der Waals surface area (Å²) in [6.07, 6.45) is 0. The molecule has 8 nitrogen and oxygen atoms in total. The van der Waals surface area contributed by atoms with E-state index in [0.29, 0.717) is 11.6 Å². The molecule has 0 unspecified atom stereocenters. The van der Waals surface area contributed by atoms with Crippen molar-refractivity contribution in [3.63, 3.8) is 0 Å². The van der Waals surface area contributed by atoms with Crippen LogP contribution in [0.25, 0.3) is 106 Å². The molecule has 12 heteroatoms. The van der Waals surface area contributed by atoms with Crippen LogP contribution in [-0.2, 0) is 0 Å². The zero-order chi connectivity index (χ0) is 88.0. The lowest BCUT2D eigenvalue weighted by atomic mass is 10.1. The summed E-state index contributed by atoms with van der Waals surface area (Å²) in [7, 11) is -12.8. The van der Waals surface area contributed by atoms with Gasteiger partial charge in [-0.25, -0.2) is 15.0 Å². The smallest absolute Gasteiger partial charge is 0.221 e. The molecule has 0 radical (unpaired) electrons. The highest BCUT2D eigenvalue weighted by Gasteiger charge is 2.47. The van der Waals surface area contributed by atoms with Gasteiger partial charge in [0.05, 0.1) is 55.2 Å². The van der Waals surface area contributed by atoms with Gasteiger partial charge in [0.15, 0.2) is 32.3 Å². The van der Waals surface area contributed by atoms with Gasteiger partial charge in [-0.05, 0) is 179 Å². The summed E-state index contributed by atoms with van der Waals surface area (Å²) < 4.78 is 12.1. The Morgan fingerprint density at radius 2 is 0.398 bits per heavy atom. The van der Waals surface area contributed by atoms with Gasteiger partial charge in [0.25, 0.3) is 0 Å². The van der Waals surface area contributed by atoms with Crippen LogP contribution >= 0.6 is 0 Å². The molecule has 6 heterocycles. The lowest BCUT2D eigenvalue weighted by Crippen LogP contribution is -2.74. The molecule has 0 spiro atoms. The predicted octanol–water partition coefficient (Wildman–Crippen LogP) is 16.8. The van der Waals surface area contributed by atoms with Crippen LogP contribution in [0.5, 0.6) is 0 Å². The van der Waals surface area contributed by atoms with E-state index in [0.717, 1.165) is 83.5 Å². The molecule has 0 aliphatic rings. The molecule has 25 rings (SSSR count). The second kappa shape index (κ2) is 32.3. The number of para-hydroxylation sites is 2. The van der Waals surface area contributed by atoms with Crippen molar-refractivity contribution in [2.75, 3.05) is 0 Å². The van der Waals surface area contributed by atoms with E-state index < -0.39 is 32.3 Å². The van der Waals surface area contributed by atoms with Crippen molar-refractivity contribution in [1.29, 1.82) is 0 Å². The zero-order valence-corrected chi connectivity index (χ0v) is 76.7. The fourth-order valence-electron chi connectivity index (χ4n) is 22.5. The van der Waals surface area contributed by atoms with Gasteiger partial charge in [-0.2, -0.15) is 0 Å². The van der Waals surface area contributed by atoms with Crippen LogP contribution in [0.1, 0.15) is 0 Å². The van der Waals surface area contributed by atoms with Crippen molar-refractivity contribution in [2.45, 2.75) is 0 Å². The molecule has 0 saturated carbocycles. The Bertz CT molecular complexity index is 7800. The maximum Gasteiger partial charge on any atom is 0.221 e. The number of hydrogen-bond donors (Lipinski definition) is 0. The average molecular weight is 1760 g/mol. The van der Waals surface area contributed by atoms with Gasteiger partial charge < -0.3 is 4.57 Å². The number of rotatable bonds is 20. The van der Waals surface area contributed by atoms with E-state index in [4.69, 9.17) is 15.0 Å². The number of hydrogen-bond acceptors (Lipinski definition) is 3. The summed E-state index contributed by atoms with van der Waals surface area (Å²) in [5.74, 6) is 2.82. The lowest BCUT2D eigenvalue weighted by molar-refractivity contribution is 0.983. The van der Waals surface area contributed by atoms with Crippen LogP contribution in [0.3, 0.4) is 0 Å². The molecule has 0 bridgehead atoms. The monoisotopic (exact) mass is 1760 g/mol. The van der Waals surface area contributed by atoms with Gasteiger partial charge in [0.1, 0.15) is 11.6 Å². The first kappa shape index (κ1) is 78.8. The largest absolute Gasteiger partial charge is 0.309 e. The lowest BCUT2D eigenvalue weighted by Gasteiger charge is -2.34. The summed E-state index contributed by atoms with van der Waals surface area (Å²) in [6.45, 7) is 0. The summed E-state index contributed by atoms with van der Waals surface area (Å²) in [4.78, 5) is 18.5. The standard InChI is InChI=1S/C121H86N8Si4/c1-13-44-90(45-14-1)130(91-46-15-2-16-47-91,92-48-17-3-18-49-92)102-72-76-108-114(83-102)126-116-85-104(132(96-56-25-7-26-57-96,97-58-27-8-28-59-97)98-60-29-9-30-61-98)74-78-112(116)128(120(126)122-108)118-81-88(87-42-41-43-89(80-87)125-110-70-39-37-68-106(110)107-69-38-40-71-111(107)125)82-119(124-118)129-113-79-75-105(133(99-62-31-10-32-63-99,100-64-33-11-34-65-100)101-66-35-12-36-67-101)86-117(113)127-115-84-103(73-77-109(115)123-121(127)129)131(93-50-19-4-20-51-93,94-52-21-5-22-53-94)95-54-23-6-24-55-95/h1-86H. The van der Waals surface area contributed by atoms with Crippen molar-refractivity contribution in [2.24, 2.45) is 0 Å². The highest BCUT2D eigenvalue weighted by molar-refractivity contribution is 7.22. The van der Waals surface area contributed by atoms with Crippen molar-refractivity contribution in [1.82, 2.24) is 37.5 Å². The molecule has 133 heavy (non-hydrogen) atoms. The quantitative estimate of drug-likeness (QED) is 0.0564. The van der Waals surface area contributed by atoms with E-state index in [-0.39, 0.29) is 0 Å². The third-order valence-electron chi connectivity index (χ3n) is 28.1. The number of fused-ring (bicyclic) bond motifs is 13. The normalized spacial score (nSPS) is 12.2. The van der Waals surface area contributed by atoms with Crippen LogP contribution in [0.4, 0.5) is 0 Å². The third-order valence-corrected chi connectivity index (χ3v) is 47.2. The molecule has 6 aromatic heterocycles. The molecule has 626 valence electrons. The molecular weight excluding hydrogens is 1680 g/mol. The fraction of sp³-hybridized carbons (Fsp3) is 0. The second-order valence-electron chi connectivity index (χ2n) is 34.9. The number of benzene rings is 19. The summed E-state index contributed by atoms with van der Waals surface area (Å²) >= 11 is 0. The maximum absolute atomic E-state index is 6.36. The maximum atomic E-state index is 6.36. The molecule has 0 amide bonds. The molecule has 0 N–H and O–H groups in total. The zero-order valence-electron chi connectivity index (χ0n) is 72.7. The Balaban J connectivity index is 0.822. The predicted molar refractivity (Wildman–Crippen MR) is 565 cm³/mol. The van der Waals surface area contributed by atoms with Crippen molar-refractivity contribution in [3.05, 3.63) is 522 Å². The molecular formula is C121H86N8Si4. The Morgan fingerprint density at radius 1 is 0.150 bits per heavy atom. The van der Waals surface area contributed by atoms with Crippen molar-refractivity contribution < 1.29 is 0 Å². The van der Waals surface area contributed by atoms with E-state index in [1.807, 2.05) is 0 Å². The van der Waals surface area contributed by atoms with Gasteiger partial charge in [-0.1, -0.05) is 437 Å². The minimum atomic E-state index is -3.23. The number of pyridine rings is 1. The molecule has 0 aliphatic heterocycles. The van der Waals surface area contributed by atoms with E-state index in [9.17, 15) is 0 Å². The van der Waals surface area contributed by atoms with E-state index >= 15 is 0 Å². The van der Waals surface area contributed by atoms with Crippen LogP contribution in [0, 0.1) is 0 Å². The Kier molecular flexibility index (Phi) is 19.1. The highest BCUT2D eigenvalue weighted by atomic mass is 28.3. The number of aromatic nitrogens is 8. The first-order valence-electron chi connectivity index (χ1n) is 45.7. The van der Waals surface area contributed by atoms with Gasteiger partial charge in [-0.15, -0.1) is 0 Å². The van der Waals surface area contributed by atoms with E-state index in [1.165, 1.54) is 93.8 Å². The second-order valence-corrected chi connectivity index (χ2v) is 50.1. The third kappa shape index (κ3) is 12.3. The first-order valence-corrected chi connectivity index (χ1v) is 53.7. The van der Waals surface area contributed by atoms with Crippen LogP contribution in [-0.4, -0.2) is 69.8 Å². The van der Waals surface area contributed by atoms with Gasteiger partial charge in [0.2, 0.25) is 11.6 Å². The summed E-state index contributed by atoms with van der Waals surface area (Å²) in [5.41, 5.74) is 12.9. The molecule has 0 atom stereocenters. The number of nitrogens with zero attached hydrogens (tertiary/aromatic N) is 8. The van der Waals surface area contributed by atoms with Gasteiger partial charge in [-0.3, -0.25) is 17.9 Å².